The molecule has 0 spiro atoms. The number of carbonyl (C=O) groups is 3. The zero-order chi connectivity index (χ0) is 30.7. The van der Waals surface area contributed by atoms with E-state index in [2.05, 4.69) is 30.2 Å². The molecular weight excluding hydrogens is 581 g/mol. The molecule has 2 aliphatic rings. The number of alkyl halides is 3. The van der Waals surface area contributed by atoms with Gasteiger partial charge in [-0.15, -0.1) is 13.2 Å². The Hall–Kier alpha value is -5.34. The molecule has 1 aliphatic heterocycles. The lowest BCUT2D eigenvalue weighted by Crippen LogP contribution is -2.46. The Balaban J connectivity index is 1.13. The van der Waals surface area contributed by atoms with Gasteiger partial charge in [0.2, 0.25) is 17.7 Å². The minimum Gasteiger partial charge on any atom is -0.388 e. The zero-order valence-corrected chi connectivity index (χ0v) is 23.0. The largest absolute Gasteiger partial charge is 0.574 e. The number of ketones is 1. The molecule has 0 unspecified atom stereocenters. The van der Waals surface area contributed by atoms with Crippen LogP contribution in [-0.4, -0.2) is 70.3 Å². The molecule has 0 radical (unpaired) electrons. The van der Waals surface area contributed by atoms with Crippen molar-refractivity contribution in [3.63, 3.8) is 0 Å². The van der Waals surface area contributed by atoms with E-state index >= 15 is 0 Å². The van der Waals surface area contributed by atoms with Gasteiger partial charge in [-0.2, -0.15) is 15.2 Å². The number of carbonyl (C=O) groups excluding carboxylic acids is 3. The van der Waals surface area contributed by atoms with Crippen LogP contribution in [0.4, 0.5) is 19.0 Å². The predicted molar refractivity (Wildman–Crippen MR) is 148 cm³/mol. The number of piperidine rings is 1. The number of aromatic nitrogens is 6. The Labute approximate surface area is 246 Å². The molecule has 12 nitrogen and oxygen atoms in total. The van der Waals surface area contributed by atoms with Crippen LogP contribution in [0.15, 0.2) is 61.1 Å². The fourth-order valence-corrected chi connectivity index (χ4v) is 5.83. The summed E-state index contributed by atoms with van der Waals surface area (Å²) in [7, 11) is 0. The summed E-state index contributed by atoms with van der Waals surface area (Å²) in [6, 6.07) is 9.87. The molecule has 5 heterocycles. The molecule has 4 aromatic heterocycles. The zero-order valence-electron chi connectivity index (χ0n) is 23.0. The summed E-state index contributed by atoms with van der Waals surface area (Å²) in [5.74, 6) is -1.91. The molecule has 1 N–H and O–H groups in total. The molecular formula is C29H23F3N8O4. The lowest BCUT2D eigenvalue weighted by Gasteiger charge is -2.27. The minimum absolute atomic E-state index is 0.128. The van der Waals surface area contributed by atoms with E-state index in [-0.39, 0.29) is 41.7 Å². The molecule has 44 heavy (non-hydrogen) atoms. The number of ether oxygens (including phenoxy) is 1. The summed E-state index contributed by atoms with van der Waals surface area (Å²) in [5, 5.41) is 11.8. The third-order valence-electron chi connectivity index (χ3n) is 7.84. The first kappa shape index (κ1) is 27.5. The Morgan fingerprint density at radius 2 is 1.93 bits per heavy atom. The fraction of sp³-hybridized carbons (Fsp3) is 0.276. The minimum atomic E-state index is -4.93. The second-order valence-electron chi connectivity index (χ2n) is 10.8. The van der Waals surface area contributed by atoms with Crippen LogP contribution in [0.3, 0.4) is 0 Å². The number of rotatable bonds is 7. The Kier molecular flexibility index (Phi) is 6.33. The van der Waals surface area contributed by atoms with Crippen molar-refractivity contribution in [2.75, 3.05) is 5.32 Å². The van der Waals surface area contributed by atoms with Gasteiger partial charge in [0, 0.05) is 48.4 Å². The highest BCUT2D eigenvalue weighted by Crippen LogP contribution is 2.48. The van der Waals surface area contributed by atoms with E-state index in [1.54, 1.807) is 29.0 Å². The van der Waals surface area contributed by atoms with Gasteiger partial charge in [0.1, 0.15) is 24.1 Å². The lowest BCUT2D eigenvalue weighted by molar-refractivity contribution is -0.276. The molecule has 1 aromatic carbocycles. The summed E-state index contributed by atoms with van der Waals surface area (Å²) < 4.78 is 44.7. The van der Waals surface area contributed by atoms with Crippen LogP contribution in [0.5, 0.6) is 5.88 Å². The SMILES string of the molecule is CC(=O)c1nn(CC(=O)N2[C@@H]3C[C@@H]3C[C@H]2C(=O)Nc2cccc(OC(F)(F)F)n2)c2ccc(-c3cnc4ccnn4c3)cc12. The molecule has 3 atom stereocenters. The maximum absolute atomic E-state index is 13.7. The third kappa shape index (κ3) is 5.09. The second-order valence-corrected chi connectivity index (χ2v) is 10.8. The molecule has 2 amide bonds. The van der Waals surface area contributed by atoms with Crippen molar-refractivity contribution in [1.82, 2.24) is 34.3 Å². The van der Waals surface area contributed by atoms with Gasteiger partial charge in [0.25, 0.3) is 0 Å². The Bertz CT molecular complexity index is 1970. The van der Waals surface area contributed by atoms with Crippen LogP contribution >= 0.6 is 0 Å². The average molecular weight is 605 g/mol. The molecule has 2 fully saturated rings. The van der Waals surface area contributed by atoms with Gasteiger partial charge in [0.05, 0.1) is 11.7 Å². The van der Waals surface area contributed by atoms with Crippen LogP contribution in [0.25, 0.3) is 27.7 Å². The van der Waals surface area contributed by atoms with Crippen LogP contribution < -0.4 is 10.1 Å². The third-order valence-corrected chi connectivity index (χ3v) is 7.84. The number of Topliss-reactive ketones (excluding diaryl/α,β-unsaturated/α-hetero) is 1. The topological polar surface area (TPSA) is 137 Å². The number of anilines is 1. The van der Waals surface area contributed by atoms with Gasteiger partial charge < -0.3 is 15.0 Å². The predicted octanol–water partition coefficient (Wildman–Crippen LogP) is 3.87. The number of halogens is 3. The van der Waals surface area contributed by atoms with Gasteiger partial charge in [0.15, 0.2) is 11.4 Å². The number of hydrogen-bond donors (Lipinski definition) is 1. The van der Waals surface area contributed by atoms with Crippen molar-refractivity contribution in [2.45, 2.75) is 44.8 Å². The lowest BCUT2D eigenvalue weighted by atomic mass is 10.0. The number of pyridine rings is 1. The van der Waals surface area contributed by atoms with E-state index < -0.39 is 24.2 Å². The Morgan fingerprint density at radius 3 is 2.73 bits per heavy atom. The smallest absolute Gasteiger partial charge is 0.388 e. The van der Waals surface area contributed by atoms with Crippen molar-refractivity contribution < 1.29 is 32.3 Å². The molecule has 5 aromatic rings. The van der Waals surface area contributed by atoms with Gasteiger partial charge >= 0.3 is 6.36 Å². The Morgan fingerprint density at radius 1 is 1.09 bits per heavy atom. The summed E-state index contributed by atoms with van der Waals surface area (Å²) in [6.45, 7) is 1.18. The second kappa shape index (κ2) is 10.1. The van der Waals surface area contributed by atoms with Crippen molar-refractivity contribution in [1.29, 1.82) is 0 Å². The maximum Gasteiger partial charge on any atom is 0.574 e. The summed E-state index contributed by atoms with van der Waals surface area (Å²) >= 11 is 0. The average Bonchev–Trinajstić information content (AvgIpc) is 3.29. The first-order valence-electron chi connectivity index (χ1n) is 13.7. The standard InChI is InChI=1S/C29H23F3N8O4/c1-15(41)27-19-9-16(18-12-33-24-7-8-34-39(24)13-18)5-6-20(19)38(37-27)14-26(42)40-21-10-17(21)11-22(40)28(43)36-23-3-2-4-25(35-23)44-29(30,31)32/h2-9,12-13,17,21-22H,10-11,14H2,1H3,(H,35,36,43)/t17-,21-,22+/m1/s1. The van der Waals surface area contributed by atoms with E-state index in [9.17, 15) is 27.6 Å². The molecule has 224 valence electrons. The van der Waals surface area contributed by atoms with Crippen molar-refractivity contribution in [2.24, 2.45) is 5.92 Å². The fourth-order valence-electron chi connectivity index (χ4n) is 5.83. The summed E-state index contributed by atoms with van der Waals surface area (Å²) in [4.78, 5) is 49.0. The van der Waals surface area contributed by atoms with E-state index in [0.29, 0.717) is 23.0 Å². The van der Waals surface area contributed by atoms with Gasteiger partial charge in [-0.1, -0.05) is 12.1 Å². The number of nitrogens with zero attached hydrogens (tertiary/aromatic N) is 7. The number of benzene rings is 1. The van der Waals surface area contributed by atoms with Crippen molar-refractivity contribution in [3.8, 4) is 17.0 Å². The molecule has 0 bridgehead atoms. The van der Waals surface area contributed by atoms with Gasteiger partial charge in [-0.25, -0.2) is 9.50 Å². The monoisotopic (exact) mass is 604 g/mol. The van der Waals surface area contributed by atoms with E-state index in [4.69, 9.17) is 0 Å². The van der Waals surface area contributed by atoms with Crippen LogP contribution in [-0.2, 0) is 16.1 Å². The molecule has 1 saturated heterocycles. The quantitative estimate of drug-likeness (QED) is 0.277. The van der Waals surface area contributed by atoms with E-state index in [1.807, 2.05) is 18.3 Å². The highest BCUT2D eigenvalue weighted by molar-refractivity contribution is 6.06. The van der Waals surface area contributed by atoms with E-state index in [0.717, 1.165) is 23.6 Å². The molecule has 15 heteroatoms. The number of amides is 2. The number of hydrogen-bond acceptors (Lipinski definition) is 8. The first-order chi connectivity index (χ1) is 21.0. The van der Waals surface area contributed by atoms with Crippen LogP contribution in [0.2, 0.25) is 0 Å². The molecule has 7 rings (SSSR count). The van der Waals surface area contributed by atoms with E-state index in [1.165, 1.54) is 28.6 Å². The van der Waals surface area contributed by atoms with Crippen LogP contribution in [0, 0.1) is 5.92 Å². The number of nitrogens with one attached hydrogen (secondary N) is 1. The maximum atomic E-state index is 13.7. The van der Waals surface area contributed by atoms with Crippen molar-refractivity contribution >= 4 is 40.0 Å². The highest BCUT2D eigenvalue weighted by atomic mass is 19.4. The van der Waals surface area contributed by atoms with Gasteiger partial charge in [-0.3, -0.25) is 19.1 Å². The van der Waals surface area contributed by atoms with Gasteiger partial charge in [-0.05, 0) is 42.5 Å². The highest BCUT2D eigenvalue weighted by Gasteiger charge is 2.56. The molecule has 1 saturated carbocycles. The summed E-state index contributed by atoms with van der Waals surface area (Å²) in [6.07, 6.45) is 1.41. The number of likely N-dealkylation sites (tertiary alicyclic amines) is 1. The first-order valence-corrected chi connectivity index (χ1v) is 13.7. The van der Waals surface area contributed by atoms with Crippen LogP contribution in [0.1, 0.15) is 30.3 Å². The molecule has 1 aliphatic carbocycles. The van der Waals surface area contributed by atoms with Crippen molar-refractivity contribution in [3.05, 3.63) is 66.7 Å². The summed E-state index contributed by atoms with van der Waals surface area (Å²) in [5.41, 5.74) is 3.02. The number of fused-ring (bicyclic) bond motifs is 3. The normalized spacial score (nSPS) is 19.3.